The van der Waals surface area contributed by atoms with Crippen molar-refractivity contribution in [1.29, 1.82) is 0 Å². The van der Waals surface area contributed by atoms with Crippen LogP contribution in [0.3, 0.4) is 0 Å². The summed E-state index contributed by atoms with van der Waals surface area (Å²) in [6.45, 7) is 21.4. The van der Waals surface area contributed by atoms with E-state index in [0.29, 0.717) is 18.4 Å². The summed E-state index contributed by atoms with van der Waals surface area (Å²) in [6.07, 6.45) is 4.10. The Labute approximate surface area is 243 Å². The van der Waals surface area contributed by atoms with Gasteiger partial charge in [-0.15, -0.1) is 0 Å². The van der Waals surface area contributed by atoms with E-state index < -0.39 is 11.7 Å². The molecule has 40 heavy (non-hydrogen) atoms. The van der Waals surface area contributed by atoms with Gasteiger partial charge >= 0.3 is 11.9 Å². The summed E-state index contributed by atoms with van der Waals surface area (Å²) in [5.74, 6) is 0.459. The van der Waals surface area contributed by atoms with Crippen LogP contribution in [0.4, 0.5) is 0 Å². The van der Waals surface area contributed by atoms with Crippen molar-refractivity contribution in [2.75, 3.05) is 19.8 Å². The predicted molar refractivity (Wildman–Crippen MR) is 155 cm³/mol. The van der Waals surface area contributed by atoms with Gasteiger partial charge in [-0.1, -0.05) is 67.7 Å². The quantitative estimate of drug-likeness (QED) is 0.167. The van der Waals surface area contributed by atoms with Gasteiger partial charge in [0.2, 0.25) is 0 Å². The number of rotatable bonds is 15. The van der Waals surface area contributed by atoms with E-state index in [0.717, 1.165) is 19.3 Å². The van der Waals surface area contributed by atoms with Crippen LogP contribution < -0.4 is 0 Å². The van der Waals surface area contributed by atoms with Crippen molar-refractivity contribution in [1.82, 2.24) is 0 Å². The maximum Gasteiger partial charge on any atom is 0.308 e. The highest BCUT2D eigenvalue weighted by molar-refractivity contribution is 5.70. The molecule has 10 unspecified atom stereocenters. The molecule has 2 fully saturated rings. The van der Waals surface area contributed by atoms with Gasteiger partial charge in [0.15, 0.2) is 6.29 Å². The van der Waals surface area contributed by atoms with Crippen LogP contribution >= 0.6 is 0 Å². The molecule has 0 aromatic heterocycles. The molecule has 0 aliphatic carbocycles. The Bertz CT molecular complexity index is 768. The van der Waals surface area contributed by atoms with Crippen molar-refractivity contribution < 1.29 is 38.0 Å². The number of ether oxygens (including phenoxy) is 6. The number of unbranched alkanes of at least 4 members (excludes halogenated alkanes) is 3. The normalized spacial score (nSPS) is 34.9. The molecule has 2 aliphatic rings. The lowest BCUT2D eigenvalue weighted by atomic mass is 9.77. The monoisotopic (exact) mass is 570 g/mol. The van der Waals surface area contributed by atoms with Crippen molar-refractivity contribution >= 4 is 11.9 Å². The Morgan fingerprint density at radius 2 is 1.45 bits per heavy atom. The van der Waals surface area contributed by atoms with Crippen LogP contribution in [0.15, 0.2) is 0 Å². The first-order chi connectivity index (χ1) is 18.8. The van der Waals surface area contributed by atoms with Crippen LogP contribution in [0.5, 0.6) is 0 Å². The minimum Gasteiger partial charge on any atom is -0.463 e. The standard InChI is InChI=1S/C32H58O8/c1-11-13-14-15-16-37-32(9,10)19-36-29(34)17-27-22(5)23(6)30(28(38-27)18-35-25(8)33)40-31-24(7)20(3)21(4)26(12-2)39-31/h20-24,26-28,30-31H,11-19H2,1-10H3. The van der Waals surface area contributed by atoms with Crippen molar-refractivity contribution in [2.24, 2.45) is 29.6 Å². The molecule has 0 bridgehead atoms. The van der Waals surface area contributed by atoms with Crippen molar-refractivity contribution in [3.8, 4) is 0 Å². The Balaban J connectivity index is 2.02. The third-order valence-corrected chi connectivity index (χ3v) is 9.22. The number of hydrogen-bond acceptors (Lipinski definition) is 8. The highest BCUT2D eigenvalue weighted by atomic mass is 16.7. The number of carbonyl (C=O) groups excluding carboxylic acids is 2. The van der Waals surface area contributed by atoms with E-state index in [4.69, 9.17) is 28.4 Å². The van der Waals surface area contributed by atoms with E-state index in [1.807, 2.05) is 13.8 Å². The second-order valence-electron chi connectivity index (χ2n) is 12.9. The average molecular weight is 571 g/mol. The molecule has 0 aromatic carbocycles. The predicted octanol–water partition coefficient (Wildman–Crippen LogP) is 6.33. The fourth-order valence-electron chi connectivity index (χ4n) is 5.84. The minimum atomic E-state index is -0.549. The molecule has 234 valence electrons. The van der Waals surface area contributed by atoms with Gasteiger partial charge in [0.05, 0.1) is 30.3 Å². The molecule has 2 heterocycles. The zero-order valence-corrected chi connectivity index (χ0v) is 26.9. The van der Waals surface area contributed by atoms with Crippen LogP contribution in [-0.4, -0.2) is 68.1 Å². The molecule has 8 nitrogen and oxygen atoms in total. The first-order valence-corrected chi connectivity index (χ1v) is 15.7. The van der Waals surface area contributed by atoms with E-state index >= 15 is 0 Å². The number of carbonyl (C=O) groups is 2. The Morgan fingerprint density at radius 1 is 0.775 bits per heavy atom. The Morgan fingerprint density at radius 3 is 2.08 bits per heavy atom. The van der Waals surface area contributed by atoms with Gasteiger partial charge < -0.3 is 28.4 Å². The Hall–Kier alpha value is -1.22. The first kappa shape index (κ1) is 35.0. The molecular weight excluding hydrogens is 512 g/mol. The molecule has 0 spiro atoms. The third kappa shape index (κ3) is 10.2. The molecule has 0 saturated carbocycles. The van der Waals surface area contributed by atoms with Crippen LogP contribution in [0.2, 0.25) is 0 Å². The lowest BCUT2D eigenvalue weighted by Crippen LogP contribution is -2.56. The summed E-state index contributed by atoms with van der Waals surface area (Å²) in [5, 5.41) is 0. The van der Waals surface area contributed by atoms with Crippen LogP contribution in [-0.2, 0) is 38.0 Å². The average Bonchev–Trinajstić information content (AvgIpc) is 2.90. The summed E-state index contributed by atoms with van der Waals surface area (Å²) in [6, 6.07) is 0. The smallest absolute Gasteiger partial charge is 0.308 e. The largest absolute Gasteiger partial charge is 0.463 e. The van der Waals surface area contributed by atoms with Crippen LogP contribution in [0.1, 0.15) is 108 Å². The molecular formula is C32H58O8. The van der Waals surface area contributed by atoms with E-state index in [9.17, 15) is 9.59 Å². The summed E-state index contributed by atoms with van der Waals surface area (Å²) in [5.41, 5.74) is -0.549. The van der Waals surface area contributed by atoms with Crippen molar-refractivity contribution in [2.45, 2.75) is 144 Å². The highest BCUT2D eigenvalue weighted by Gasteiger charge is 2.47. The highest BCUT2D eigenvalue weighted by Crippen LogP contribution is 2.41. The van der Waals surface area contributed by atoms with Crippen LogP contribution in [0.25, 0.3) is 0 Å². The molecule has 0 amide bonds. The van der Waals surface area contributed by atoms with Gasteiger partial charge in [0.1, 0.15) is 19.3 Å². The van der Waals surface area contributed by atoms with Gasteiger partial charge in [-0.25, -0.2) is 0 Å². The van der Waals surface area contributed by atoms with Gasteiger partial charge in [0.25, 0.3) is 0 Å². The topological polar surface area (TPSA) is 89.5 Å². The number of esters is 2. The van der Waals surface area contributed by atoms with E-state index in [2.05, 4.69) is 48.5 Å². The van der Waals surface area contributed by atoms with Gasteiger partial charge in [0, 0.05) is 19.4 Å². The molecule has 2 saturated heterocycles. The second-order valence-corrected chi connectivity index (χ2v) is 12.9. The van der Waals surface area contributed by atoms with Gasteiger partial charge in [-0.2, -0.15) is 0 Å². The van der Waals surface area contributed by atoms with Gasteiger partial charge in [-0.05, 0) is 50.4 Å². The molecule has 2 aliphatic heterocycles. The first-order valence-electron chi connectivity index (χ1n) is 15.7. The molecule has 2 rings (SSSR count). The van der Waals surface area contributed by atoms with Crippen LogP contribution in [0, 0.1) is 29.6 Å². The van der Waals surface area contributed by atoms with E-state index in [-0.39, 0.29) is 73.9 Å². The zero-order valence-electron chi connectivity index (χ0n) is 26.9. The summed E-state index contributed by atoms with van der Waals surface area (Å²) >= 11 is 0. The zero-order chi connectivity index (χ0) is 30.0. The maximum absolute atomic E-state index is 12.9. The second kappa shape index (κ2) is 16.4. The molecule has 8 heteroatoms. The Kier molecular flexibility index (Phi) is 14.4. The lowest BCUT2D eigenvalue weighted by Gasteiger charge is -2.49. The molecule has 0 aromatic rings. The van der Waals surface area contributed by atoms with Crippen molar-refractivity contribution in [3.05, 3.63) is 0 Å². The summed E-state index contributed by atoms with van der Waals surface area (Å²) in [7, 11) is 0. The fraction of sp³-hybridized carbons (Fsp3) is 0.938. The maximum atomic E-state index is 12.9. The fourth-order valence-corrected chi connectivity index (χ4v) is 5.84. The molecule has 10 atom stereocenters. The van der Waals surface area contributed by atoms with E-state index in [1.165, 1.54) is 19.8 Å². The summed E-state index contributed by atoms with van der Waals surface area (Å²) in [4.78, 5) is 24.6. The van der Waals surface area contributed by atoms with E-state index in [1.54, 1.807) is 0 Å². The SMILES string of the molecule is CCCCCCOC(C)(C)COC(=O)CC1OC(COC(C)=O)C(OC2OC(CC)C(C)C(C)C2C)C(C)C1C. The number of hydrogen-bond donors (Lipinski definition) is 0. The lowest BCUT2D eigenvalue weighted by molar-refractivity contribution is -0.303. The summed E-state index contributed by atoms with van der Waals surface area (Å²) < 4.78 is 36.5. The third-order valence-electron chi connectivity index (χ3n) is 9.22. The van der Waals surface area contributed by atoms with Gasteiger partial charge in [-0.3, -0.25) is 9.59 Å². The molecule has 0 N–H and O–H groups in total. The minimum absolute atomic E-state index is 0.0196. The van der Waals surface area contributed by atoms with Crippen molar-refractivity contribution in [3.63, 3.8) is 0 Å². The molecule has 0 radical (unpaired) electrons.